The minimum absolute atomic E-state index is 0.0503. The van der Waals surface area contributed by atoms with Crippen LogP contribution in [0.2, 0.25) is 0 Å². The normalized spacial score (nSPS) is 16.9. The molecule has 0 radical (unpaired) electrons. The molecule has 2 heterocycles. The number of imide groups is 1. The van der Waals surface area contributed by atoms with Crippen LogP contribution < -0.4 is 4.74 Å². The predicted octanol–water partition coefficient (Wildman–Crippen LogP) is 5.25. The highest BCUT2D eigenvalue weighted by atomic mass is 32.2. The quantitative estimate of drug-likeness (QED) is 0.461. The molecule has 0 N–H and O–H groups in total. The molecule has 5 rings (SSSR count). The van der Waals surface area contributed by atoms with Crippen molar-refractivity contribution in [3.63, 3.8) is 0 Å². The second-order valence-electron chi connectivity index (χ2n) is 8.97. The highest BCUT2D eigenvalue weighted by Crippen LogP contribution is 2.37. The van der Waals surface area contributed by atoms with Crippen molar-refractivity contribution >= 4 is 45.7 Å². The average Bonchev–Trinajstić information content (AvgIpc) is 3.12. The molecule has 0 bridgehead atoms. The third-order valence-corrected chi connectivity index (χ3v) is 7.13. The minimum Gasteiger partial charge on any atom is -0.490 e. The van der Waals surface area contributed by atoms with Crippen molar-refractivity contribution in [1.82, 2.24) is 9.80 Å². The first-order chi connectivity index (χ1) is 16.9. The van der Waals surface area contributed by atoms with Crippen molar-refractivity contribution in [3.8, 4) is 5.75 Å². The van der Waals surface area contributed by atoms with Crippen LogP contribution in [0.3, 0.4) is 0 Å². The number of ether oxygens (including phenoxy) is 1. The molecule has 35 heavy (non-hydrogen) atoms. The second kappa shape index (κ2) is 9.58. The van der Waals surface area contributed by atoms with E-state index in [1.54, 1.807) is 11.0 Å². The van der Waals surface area contributed by atoms with Gasteiger partial charge in [-0.3, -0.25) is 19.3 Å². The molecule has 3 aromatic rings. The fourth-order valence-corrected chi connectivity index (χ4v) is 5.31. The lowest BCUT2D eigenvalue weighted by molar-refractivity contribution is -0.136. The van der Waals surface area contributed by atoms with Gasteiger partial charge in [-0.05, 0) is 66.1 Å². The number of carbonyl (C=O) groups is 3. The Balaban J connectivity index is 1.39. The molecule has 1 saturated heterocycles. The van der Waals surface area contributed by atoms with Crippen LogP contribution in [-0.4, -0.2) is 46.0 Å². The fourth-order valence-electron chi connectivity index (χ4n) is 4.49. The number of hydrogen-bond donors (Lipinski definition) is 0. The van der Waals surface area contributed by atoms with Crippen LogP contribution in [0, 0.1) is 0 Å². The van der Waals surface area contributed by atoms with Gasteiger partial charge >= 0.3 is 0 Å². The van der Waals surface area contributed by atoms with Gasteiger partial charge in [0.25, 0.3) is 11.1 Å². The Morgan fingerprint density at radius 2 is 1.77 bits per heavy atom. The Hall–Kier alpha value is -3.58. The van der Waals surface area contributed by atoms with Crippen molar-refractivity contribution < 1.29 is 19.1 Å². The summed E-state index contributed by atoms with van der Waals surface area (Å²) in [6.45, 7) is 4.70. The van der Waals surface area contributed by atoms with Crippen molar-refractivity contribution in [3.05, 3.63) is 82.3 Å². The van der Waals surface area contributed by atoms with Gasteiger partial charge in [0.1, 0.15) is 12.3 Å². The van der Waals surface area contributed by atoms with E-state index in [4.69, 9.17) is 4.74 Å². The van der Waals surface area contributed by atoms with Gasteiger partial charge in [0, 0.05) is 18.7 Å². The summed E-state index contributed by atoms with van der Waals surface area (Å²) in [5, 5.41) is 1.51. The lowest BCUT2D eigenvalue weighted by Gasteiger charge is -2.29. The van der Waals surface area contributed by atoms with Crippen LogP contribution in [0.1, 0.15) is 30.5 Å². The van der Waals surface area contributed by atoms with Crippen LogP contribution in [0.4, 0.5) is 4.79 Å². The van der Waals surface area contributed by atoms with Crippen LogP contribution in [-0.2, 0) is 22.6 Å². The van der Waals surface area contributed by atoms with Gasteiger partial charge in [-0.15, -0.1) is 0 Å². The highest BCUT2D eigenvalue weighted by molar-refractivity contribution is 8.18. The molecule has 0 spiro atoms. The van der Waals surface area contributed by atoms with E-state index in [-0.39, 0.29) is 23.5 Å². The van der Waals surface area contributed by atoms with Crippen LogP contribution in [0.15, 0.2) is 65.6 Å². The number of rotatable bonds is 5. The molecule has 0 saturated carbocycles. The summed E-state index contributed by atoms with van der Waals surface area (Å²) in [6, 6.07) is 19.7. The van der Waals surface area contributed by atoms with E-state index in [0.717, 1.165) is 45.0 Å². The summed E-state index contributed by atoms with van der Waals surface area (Å²) in [5.74, 6) is -0.0280. The average molecular weight is 487 g/mol. The van der Waals surface area contributed by atoms with Gasteiger partial charge in [-0.1, -0.05) is 54.6 Å². The molecular weight excluding hydrogens is 460 g/mol. The van der Waals surface area contributed by atoms with Crippen molar-refractivity contribution in [2.45, 2.75) is 32.9 Å². The predicted molar refractivity (Wildman–Crippen MR) is 138 cm³/mol. The van der Waals surface area contributed by atoms with E-state index in [0.29, 0.717) is 18.8 Å². The van der Waals surface area contributed by atoms with Crippen molar-refractivity contribution in [1.29, 1.82) is 0 Å². The zero-order valence-corrected chi connectivity index (χ0v) is 20.5. The smallest absolute Gasteiger partial charge is 0.294 e. The first-order valence-corrected chi connectivity index (χ1v) is 12.5. The number of hydrogen-bond acceptors (Lipinski definition) is 5. The highest BCUT2D eigenvalue weighted by Gasteiger charge is 2.37. The number of carbonyl (C=O) groups excluding carboxylic acids is 3. The van der Waals surface area contributed by atoms with Gasteiger partial charge in [0.05, 0.1) is 11.0 Å². The molecule has 3 amide bonds. The Bertz CT molecular complexity index is 1360. The third kappa shape index (κ3) is 4.68. The first-order valence-electron chi connectivity index (χ1n) is 11.7. The van der Waals surface area contributed by atoms with Gasteiger partial charge < -0.3 is 9.64 Å². The molecule has 1 fully saturated rings. The molecule has 178 valence electrons. The van der Waals surface area contributed by atoms with E-state index in [2.05, 4.69) is 6.07 Å². The molecule has 0 atom stereocenters. The second-order valence-corrected chi connectivity index (χ2v) is 9.96. The SMILES string of the molecule is CC(C)Oc1ccc2ccccc2c1/C=C1/SC(=O)N(CC(=O)N2CCc3ccccc3C2)C1=O. The molecular formula is C28H26N2O4S. The Morgan fingerprint density at radius 1 is 1.03 bits per heavy atom. The van der Waals surface area contributed by atoms with Crippen LogP contribution >= 0.6 is 11.8 Å². The summed E-state index contributed by atoms with van der Waals surface area (Å²) >= 11 is 0.862. The number of nitrogens with zero attached hydrogens (tertiary/aromatic N) is 2. The van der Waals surface area contributed by atoms with Gasteiger partial charge in [0.2, 0.25) is 5.91 Å². The summed E-state index contributed by atoms with van der Waals surface area (Å²) in [6.07, 6.45) is 2.43. The summed E-state index contributed by atoms with van der Waals surface area (Å²) in [7, 11) is 0. The molecule has 2 aliphatic heterocycles. The Morgan fingerprint density at radius 3 is 2.57 bits per heavy atom. The summed E-state index contributed by atoms with van der Waals surface area (Å²) < 4.78 is 6.00. The number of benzene rings is 3. The topological polar surface area (TPSA) is 66.9 Å². The van der Waals surface area contributed by atoms with E-state index in [1.165, 1.54) is 5.56 Å². The van der Waals surface area contributed by atoms with Crippen LogP contribution in [0.25, 0.3) is 16.8 Å². The third-order valence-electron chi connectivity index (χ3n) is 6.22. The minimum atomic E-state index is -0.450. The largest absolute Gasteiger partial charge is 0.490 e. The zero-order valence-electron chi connectivity index (χ0n) is 19.7. The van der Waals surface area contributed by atoms with E-state index in [1.807, 2.05) is 68.4 Å². The summed E-state index contributed by atoms with van der Waals surface area (Å²) in [4.78, 5) is 42.0. The van der Waals surface area contributed by atoms with E-state index < -0.39 is 11.1 Å². The van der Waals surface area contributed by atoms with Crippen molar-refractivity contribution in [2.24, 2.45) is 0 Å². The molecule has 0 unspecified atom stereocenters. The number of amides is 3. The molecule has 7 heteroatoms. The van der Waals surface area contributed by atoms with Crippen molar-refractivity contribution in [2.75, 3.05) is 13.1 Å². The molecule has 2 aliphatic rings. The molecule has 0 aliphatic carbocycles. The fraction of sp³-hybridized carbons (Fsp3) is 0.250. The monoisotopic (exact) mass is 486 g/mol. The van der Waals surface area contributed by atoms with E-state index in [9.17, 15) is 14.4 Å². The Kier molecular flexibility index (Phi) is 6.34. The molecule has 0 aromatic heterocycles. The lowest BCUT2D eigenvalue weighted by Crippen LogP contribution is -2.44. The molecule has 3 aromatic carbocycles. The first kappa shape index (κ1) is 23.2. The number of fused-ring (bicyclic) bond motifs is 2. The lowest BCUT2D eigenvalue weighted by atomic mass is 10.00. The summed E-state index contributed by atoms with van der Waals surface area (Å²) in [5.41, 5.74) is 3.09. The maximum atomic E-state index is 13.2. The van der Waals surface area contributed by atoms with E-state index >= 15 is 0 Å². The maximum Gasteiger partial charge on any atom is 0.294 e. The number of thioether (sulfide) groups is 1. The van der Waals surface area contributed by atoms with Gasteiger partial charge in [-0.25, -0.2) is 0 Å². The van der Waals surface area contributed by atoms with Gasteiger partial charge in [0.15, 0.2) is 0 Å². The molecule has 6 nitrogen and oxygen atoms in total. The van der Waals surface area contributed by atoms with Gasteiger partial charge in [-0.2, -0.15) is 0 Å². The standard InChI is InChI=1S/C28H26N2O4S/c1-18(2)34-24-12-11-20-8-5-6-10-22(20)23(24)15-25-27(32)30(28(33)35-25)17-26(31)29-14-13-19-7-3-4-9-21(19)16-29/h3-12,15,18H,13-14,16-17H2,1-2H3/b25-15+. The Labute approximate surface area is 208 Å². The zero-order chi connectivity index (χ0) is 24.5. The van der Waals surface area contributed by atoms with Crippen LogP contribution in [0.5, 0.6) is 5.75 Å². The maximum absolute atomic E-state index is 13.2.